The van der Waals surface area contributed by atoms with Crippen molar-refractivity contribution in [3.63, 3.8) is 0 Å². The molecule has 1 unspecified atom stereocenters. The normalized spacial score (nSPS) is 17.5. The number of ether oxygens (including phenoxy) is 1. The van der Waals surface area contributed by atoms with Crippen molar-refractivity contribution < 1.29 is 9.84 Å². The van der Waals surface area contributed by atoms with Gasteiger partial charge in [-0.15, -0.1) is 0 Å². The zero-order valence-electron chi connectivity index (χ0n) is 12.8. The molecule has 0 radical (unpaired) electrons. The first-order chi connectivity index (χ1) is 11.7. The van der Waals surface area contributed by atoms with Crippen molar-refractivity contribution in [2.24, 2.45) is 0 Å². The molecule has 124 valence electrons. The van der Waals surface area contributed by atoms with Crippen LogP contribution in [-0.2, 0) is 11.3 Å². The molecule has 0 spiro atoms. The summed E-state index contributed by atoms with van der Waals surface area (Å²) in [6.45, 7) is 1.28. The number of phenolic OH excluding ortho intramolecular Hbond substituents is 1. The number of phenols is 1. The van der Waals surface area contributed by atoms with Crippen LogP contribution in [-0.4, -0.2) is 31.2 Å². The van der Waals surface area contributed by atoms with Crippen LogP contribution in [0.3, 0.4) is 0 Å². The summed E-state index contributed by atoms with van der Waals surface area (Å²) in [5.41, 5.74) is 2.33. The van der Waals surface area contributed by atoms with E-state index in [-0.39, 0.29) is 17.3 Å². The molecule has 1 saturated heterocycles. The molecule has 1 atom stereocenters. The SMILES string of the molecule is Oc1ccc(CNc2nc(Cl)nc3c2ncn3C2CCCO2)cc1. The summed E-state index contributed by atoms with van der Waals surface area (Å²) < 4.78 is 7.61. The number of fused-ring (bicyclic) bond motifs is 1. The predicted molar refractivity (Wildman–Crippen MR) is 90.0 cm³/mol. The lowest BCUT2D eigenvalue weighted by molar-refractivity contribution is 0.0593. The first-order valence-electron chi connectivity index (χ1n) is 7.74. The molecule has 7 nitrogen and oxygen atoms in total. The number of halogens is 1. The lowest BCUT2D eigenvalue weighted by Crippen LogP contribution is -2.08. The Morgan fingerprint density at radius 1 is 1.29 bits per heavy atom. The molecule has 3 aromatic rings. The van der Waals surface area contributed by atoms with Gasteiger partial charge in [-0.3, -0.25) is 4.57 Å². The lowest BCUT2D eigenvalue weighted by Gasteiger charge is -2.12. The summed E-state index contributed by atoms with van der Waals surface area (Å²) in [5, 5.41) is 12.7. The van der Waals surface area contributed by atoms with Crippen LogP contribution in [0.5, 0.6) is 5.75 Å². The van der Waals surface area contributed by atoms with E-state index in [1.807, 2.05) is 16.7 Å². The van der Waals surface area contributed by atoms with E-state index in [4.69, 9.17) is 16.3 Å². The third-order valence-corrected chi connectivity index (χ3v) is 4.18. The Hall–Kier alpha value is -2.38. The highest BCUT2D eigenvalue weighted by atomic mass is 35.5. The minimum absolute atomic E-state index is 0.0501. The van der Waals surface area contributed by atoms with E-state index in [1.54, 1.807) is 18.5 Å². The van der Waals surface area contributed by atoms with Crippen molar-refractivity contribution in [3.05, 3.63) is 41.4 Å². The predicted octanol–water partition coefficient (Wildman–Crippen LogP) is 3.11. The van der Waals surface area contributed by atoms with Gasteiger partial charge in [-0.1, -0.05) is 12.1 Å². The summed E-state index contributed by atoms with van der Waals surface area (Å²) in [7, 11) is 0. The third kappa shape index (κ3) is 2.88. The third-order valence-electron chi connectivity index (χ3n) is 4.01. The van der Waals surface area contributed by atoms with Crippen LogP contribution in [0.4, 0.5) is 5.82 Å². The highest BCUT2D eigenvalue weighted by Gasteiger charge is 2.22. The molecule has 0 saturated carbocycles. The van der Waals surface area contributed by atoms with Crippen molar-refractivity contribution in [3.8, 4) is 5.75 Å². The second-order valence-electron chi connectivity index (χ2n) is 5.65. The van der Waals surface area contributed by atoms with E-state index in [0.29, 0.717) is 23.5 Å². The van der Waals surface area contributed by atoms with Crippen LogP contribution in [0, 0.1) is 0 Å². The van der Waals surface area contributed by atoms with Gasteiger partial charge in [0.2, 0.25) is 5.28 Å². The van der Waals surface area contributed by atoms with Crippen LogP contribution < -0.4 is 5.32 Å². The molecule has 8 heteroatoms. The molecule has 4 rings (SSSR count). The monoisotopic (exact) mass is 345 g/mol. The van der Waals surface area contributed by atoms with Crippen LogP contribution in [0.2, 0.25) is 5.28 Å². The maximum absolute atomic E-state index is 9.34. The van der Waals surface area contributed by atoms with Crippen molar-refractivity contribution in [1.29, 1.82) is 0 Å². The Labute approximate surface area is 143 Å². The fraction of sp³-hybridized carbons (Fsp3) is 0.312. The number of benzene rings is 1. The van der Waals surface area contributed by atoms with Gasteiger partial charge < -0.3 is 15.2 Å². The van der Waals surface area contributed by atoms with E-state index in [0.717, 1.165) is 25.0 Å². The molecule has 0 aliphatic carbocycles. The number of nitrogens with zero attached hydrogens (tertiary/aromatic N) is 4. The first-order valence-corrected chi connectivity index (χ1v) is 8.12. The van der Waals surface area contributed by atoms with Gasteiger partial charge in [0.1, 0.15) is 12.0 Å². The molecule has 0 bridgehead atoms. The van der Waals surface area contributed by atoms with E-state index in [9.17, 15) is 5.11 Å². The fourth-order valence-corrected chi connectivity index (χ4v) is 2.97. The molecular weight excluding hydrogens is 330 g/mol. The fourth-order valence-electron chi connectivity index (χ4n) is 2.80. The van der Waals surface area contributed by atoms with Crippen molar-refractivity contribution in [1.82, 2.24) is 19.5 Å². The number of nitrogens with one attached hydrogen (secondary N) is 1. The van der Waals surface area contributed by atoms with E-state index >= 15 is 0 Å². The molecule has 1 fully saturated rings. The topological polar surface area (TPSA) is 85.1 Å². The van der Waals surface area contributed by atoms with Gasteiger partial charge in [0.05, 0.1) is 6.33 Å². The number of imidazole rings is 1. The zero-order chi connectivity index (χ0) is 16.5. The number of hydrogen-bond acceptors (Lipinski definition) is 6. The molecule has 24 heavy (non-hydrogen) atoms. The molecule has 1 aromatic carbocycles. The number of aromatic nitrogens is 4. The summed E-state index contributed by atoms with van der Waals surface area (Å²) in [6, 6.07) is 6.97. The Morgan fingerprint density at radius 2 is 2.12 bits per heavy atom. The minimum atomic E-state index is -0.0501. The van der Waals surface area contributed by atoms with Crippen molar-refractivity contribution in [2.45, 2.75) is 25.6 Å². The molecule has 0 amide bonds. The molecule has 1 aliphatic heterocycles. The molecule has 2 aromatic heterocycles. The van der Waals surface area contributed by atoms with Crippen LogP contribution in [0.25, 0.3) is 11.2 Å². The van der Waals surface area contributed by atoms with Gasteiger partial charge in [-0.05, 0) is 42.1 Å². The average molecular weight is 346 g/mol. The second-order valence-corrected chi connectivity index (χ2v) is 5.99. The quantitative estimate of drug-likeness (QED) is 0.707. The average Bonchev–Trinajstić information content (AvgIpc) is 3.22. The number of aromatic hydroxyl groups is 1. The van der Waals surface area contributed by atoms with Crippen LogP contribution in [0.15, 0.2) is 30.6 Å². The van der Waals surface area contributed by atoms with Crippen molar-refractivity contribution in [2.75, 3.05) is 11.9 Å². The maximum atomic E-state index is 9.34. The molecule has 3 heterocycles. The van der Waals surface area contributed by atoms with Crippen LogP contribution >= 0.6 is 11.6 Å². The van der Waals surface area contributed by atoms with Gasteiger partial charge in [-0.2, -0.15) is 9.97 Å². The van der Waals surface area contributed by atoms with Crippen molar-refractivity contribution >= 4 is 28.6 Å². The van der Waals surface area contributed by atoms with E-state index in [2.05, 4.69) is 20.3 Å². The Bertz CT molecular complexity index is 859. The van der Waals surface area contributed by atoms with Gasteiger partial charge in [0.25, 0.3) is 0 Å². The number of anilines is 1. The smallest absolute Gasteiger partial charge is 0.226 e. The van der Waals surface area contributed by atoms with E-state index in [1.165, 1.54) is 0 Å². The maximum Gasteiger partial charge on any atom is 0.226 e. The Morgan fingerprint density at radius 3 is 2.88 bits per heavy atom. The number of hydrogen-bond donors (Lipinski definition) is 2. The molecular formula is C16H16ClN5O2. The van der Waals surface area contributed by atoms with Gasteiger partial charge in [-0.25, -0.2) is 4.98 Å². The summed E-state index contributed by atoms with van der Waals surface area (Å²) in [6.07, 6.45) is 3.63. The van der Waals surface area contributed by atoms with Gasteiger partial charge in [0.15, 0.2) is 17.0 Å². The lowest BCUT2D eigenvalue weighted by atomic mass is 10.2. The largest absolute Gasteiger partial charge is 0.508 e. The summed E-state index contributed by atoms with van der Waals surface area (Å²) >= 11 is 6.08. The standard InChI is InChI=1S/C16H16ClN5O2/c17-16-20-14(18-8-10-3-5-11(23)6-4-10)13-15(21-16)22(9-19-13)12-2-1-7-24-12/h3-6,9,12,23H,1-2,7-8H2,(H,18,20,21). The first kappa shape index (κ1) is 15.2. The second kappa shape index (κ2) is 6.26. The zero-order valence-corrected chi connectivity index (χ0v) is 13.6. The van der Waals surface area contributed by atoms with E-state index < -0.39 is 0 Å². The summed E-state index contributed by atoms with van der Waals surface area (Å²) in [5.74, 6) is 0.816. The van der Waals surface area contributed by atoms with Gasteiger partial charge >= 0.3 is 0 Å². The summed E-state index contributed by atoms with van der Waals surface area (Å²) in [4.78, 5) is 13.0. The van der Waals surface area contributed by atoms with Gasteiger partial charge in [0, 0.05) is 13.2 Å². The number of rotatable bonds is 4. The Kier molecular flexibility index (Phi) is 3.95. The minimum Gasteiger partial charge on any atom is -0.508 e. The molecule has 1 aliphatic rings. The van der Waals surface area contributed by atoms with Crippen LogP contribution in [0.1, 0.15) is 24.6 Å². The molecule has 2 N–H and O–H groups in total. The Balaban J connectivity index is 1.63. The highest BCUT2D eigenvalue weighted by molar-refractivity contribution is 6.28. The highest BCUT2D eigenvalue weighted by Crippen LogP contribution is 2.29.